The molecule has 5 atom stereocenters. The van der Waals surface area contributed by atoms with Crippen LogP contribution in [0.3, 0.4) is 0 Å². The molecule has 4 rings (SSSR count). The van der Waals surface area contributed by atoms with Crippen molar-refractivity contribution in [2.45, 2.75) is 30.8 Å². The topological polar surface area (TPSA) is 91.4 Å². The van der Waals surface area contributed by atoms with Crippen molar-refractivity contribution in [1.29, 1.82) is 0 Å². The number of halogens is 3. The largest absolute Gasteiger partial charge is 0.390 e. The zero-order valence-electron chi connectivity index (χ0n) is 13.9. The molecule has 0 amide bonds. The summed E-state index contributed by atoms with van der Waals surface area (Å²) in [5.41, 5.74) is 0.628. The van der Waals surface area contributed by atoms with Gasteiger partial charge in [-0.1, -0.05) is 17.7 Å². The van der Waals surface area contributed by atoms with Gasteiger partial charge in [0.25, 0.3) is 0 Å². The lowest BCUT2D eigenvalue weighted by Crippen LogP contribution is -2.31. The van der Waals surface area contributed by atoms with Gasteiger partial charge in [-0.3, -0.25) is 0 Å². The van der Waals surface area contributed by atoms with Crippen LogP contribution in [0, 0.1) is 17.6 Å². The Balaban J connectivity index is 1.66. The first-order chi connectivity index (χ1) is 12.9. The molecular weight excluding hydrogens is 380 g/mol. The maximum absolute atomic E-state index is 13.5. The molecule has 0 radical (unpaired) electrons. The Morgan fingerprint density at radius 3 is 2.63 bits per heavy atom. The van der Waals surface area contributed by atoms with Crippen molar-refractivity contribution in [3.05, 3.63) is 59.1 Å². The second-order valence-corrected chi connectivity index (χ2v) is 7.05. The molecule has 2 heterocycles. The second kappa shape index (κ2) is 6.79. The number of rotatable bonds is 3. The van der Waals surface area contributed by atoms with E-state index < -0.39 is 41.9 Å². The van der Waals surface area contributed by atoms with E-state index >= 15 is 0 Å². The van der Waals surface area contributed by atoms with Gasteiger partial charge in [0.05, 0.1) is 23.6 Å². The van der Waals surface area contributed by atoms with Gasteiger partial charge in [0.2, 0.25) is 0 Å². The number of nitrogens with zero attached hydrogens (tertiary/aromatic N) is 3. The van der Waals surface area contributed by atoms with E-state index in [4.69, 9.17) is 11.6 Å². The molecule has 0 aliphatic heterocycles. The lowest BCUT2D eigenvalue weighted by atomic mass is 9.92. The summed E-state index contributed by atoms with van der Waals surface area (Å²) >= 11 is 6.05. The Morgan fingerprint density at radius 2 is 1.89 bits per heavy atom. The minimum atomic E-state index is -1.27. The highest BCUT2D eigenvalue weighted by Gasteiger charge is 2.46. The average molecular weight is 396 g/mol. The maximum atomic E-state index is 13.5. The minimum absolute atomic E-state index is 0.133. The predicted molar refractivity (Wildman–Crippen MR) is 93.0 cm³/mol. The number of hydrogen-bond donors (Lipinski definition) is 3. The van der Waals surface area contributed by atoms with Crippen molar-refractivity contribution in [1.82, 2.24) is 14.5 Å². The Bertz CT molecular complexity index is 999. The van der Waals surface area contributed by atoms with Crippen molar-refractivity contribution in [2.75, 3.05) is 0 Å². The van der Waals surface area contributed by atoms with E-state index in [1.54, 1.807) is 16.8 Å². The first-order valence-corrected chi connectivity index (χ1v) is 8.72. The molecule has 1 saturated carbocycles. The summed E-state index contributed by atoms with van der Waals surface area (Å²) in [5.74, 6) is -2.88. The highest BCUT2D eigenvalue weighted by atomic mass is 35.5. The number of aromatic nitrogens is 3. The van der Waals surface area contributed by atoms with Crippen LogP contribution in [0.25, 0.3) is 11.0 Å². The molecule has 0 saturated heterocycles. The van der Waals surface area contributed by atoms with E-state index in [-0.39, 0.29) is 17.1 Å². The summed E-state index contributed by atoms with van der Waals surface area (Å²) in [6, 6.07) is 4.20. The Labute approximate surface area is 157 Å². The fraction of sp³-hybridized carbons (Fsp3) is 0.333. The van der Waals surface area contributed by atoms with E-state index in [0.29, 0.717) is 11.0 Å². The summed E-state index contributed by atoms with van der Waals surface area (Å²) < 4.78 is 28.3. The fourth-order valence-electron chi connectivity index (χ4n) is 3.78. The van der Waals surface area contributed by atoms with Crippen molar-refractivity contribution in [2.24, 2.45) is 5.92 Å². The van der Waals surface area contributed by atoms with Crippen LogP contribution in [0.15, 0.2) is 36.8 Å². The zero-order valence-corrected chi connectivity index (χ0v) is 14.6. The van der Waals surface area contributed by atoms with Crippen LogP contribution in [0.2, 0.25) is 5.15 Å². The Kier molecular flexibility index (Phi) is 4.59. The highest BCUT2D eigenvalue weighted by molar-refractivity contribution is 6.33. The van der Waals surface area contributed by atoms with Gasteiger partial charge in [-0.25, -0.2) is 18.7 Å². The SMILES string of the molecule is O[C@@H]1[C@H](O)[C@@H]([C@H](O)c2ccc(F)c(F)c2)C[C@H]1n1ccc2c(Cl)ncnc21. The van der Waals surface area contributed by atoms with E-state index in [2.05, 4.69) is 9.97 Å². The summed E-state index contributed by atoms with van der Waals surface area (Å²) in [6.45, 7) is 0. The molecule has 27 heavy (non-hydrogen) atoms. The lowest BCUT2D eigenvalue weighted by molar-refractivity contribution is -0.0265. The highest BCUT2D eigenvalue weighted by Crippen LogP contribution is 2.43. The zero-order chi connectivity index (χ0) is 19.3. The first kappa shape index (κ1) is 18.2. The van der Waals surface area contributed by atoms with Crippen molar-refractivity contribution < 1.29 is 24.1 Å². The van der Waals surface area contributed by atoms with Crippen LogP contribution in [0.4, 0.5) is 8.78 Å². The number of hydrogen-bond acceptors (Lipinski definition) is 5. The summed E-state index contributed by atoms with van der Waals surface area (Å²) in [5, 5.41) is 32.4. The molecular formula is C18H16ClF2N3O3. The van der Waals surface area contributed by atoms with Gasteiger partial charge in [-0.2, -0.15) is 0 Å². The number of aliphatic hydroxyl groups excluding tert-OH is 3. The molecule has 1 fully saturated rings. The third kappa shape index (κ3) is 2.98. The fourth-order valence-corrected chi connectivity index (χ4v) is 3.97. The predicted octanol–water partition coefficient (Wildman–Crippen LogP) is 2.38. The Hall–Kier alpha value is -2.13. The van der Waals surface area contributed by atoms with Gasteiger partial charge in [0, 0.05) is 12.1 Å². The minimum Gasteiger partial charge on any atom is -0.390 e. The third-order valence-electron chi connectivity index (χ3n) is 5.21. The van der Waals surface area contributed by atoms with Crippen LogP contribution in [0.5, 0.6) is 0 Å². The van der Waals surface area contributed by atoms with Crippen LogP contribution in [-0.2, 0) is 0 Å². The standard InChI is InChI=1S/C18H16ClF2N3O3/c19-17-9-3-4-24(18(9)23-7-22-17)13-6-10(15(26)16(13)27)14(25)8-1-2-11(20)12(21)5-8/h1-5,7,10,13-16,25-27H,6H2/t10-,13-,14-,15-,16+/m1/s1. The van der Waals surface area contributed by atoms with E-state index in [9.17, 15) is 24.1 Å². The van der Waals surface area contributed by atoms with E-state index in [1.165, 1.54) is 12.4 Å². The van der Waals surface area contributed by atoms with Crippen LogP contribution < -0.4 is 0 Å². The molecule has 0 unspecified atom stereocenters. The van der Waals surface area contributed by atoms with Gasteiger partial charge in [-0.05, 0) is 30.2 Å². The van der Waals surface area contributed by atoms with E-state index in [1.807, 2.05) is 0 Å². The molecule has 0 bridgehead atoms. The van der Waals surface area contributed by atoms with Gasteiger partial charge in [-0.15, -0.1) is 0 Å². The molecule has 3 aromatic rings. The third-order valence-corrected chi connectivity index (χ3v) is 5.51. The van der Waals surface area contributed by atoms with Gasteiger partial charge in [0.1, 0.15) is 23.2 Å². The van der Waals surface area contributed by atoms with Gasteiger partial charge >= 0.3 is 0 Å². The quantitative estimate of drug-likeness (QED) is 0.592. The van der Waals surface area contributed by atoms with Crippen LogP contribution >= 0.6 is 11.6 Å². The van der Waals surface area contributed by atoms with Crippen molar-refractivity contribution in [3.63, 3.8) is 0 Å². The lowest BCUT2D eigenvalue weighted by Gasteiger charge is -2.22. The maximum Gasteiger partial charge on any atom is 0.159 e. The van der Waals surface area contributed by atoms with E-state index in [0.717, 1.165) is 12.1 Å². The molecule has 0 spiro atoms. The normalized spacial score (nSPS) is 26.6. The molecule has 9 heteroatoms. The Morgan fingerprint density at radius 1 is 1.11 bits per heavy atom. The van der Waals surface area contributed by atoms with Gasteiger partial charge < -0.3 is 19.9 Å². The molecule has 3 N–H and O–H groups in total. The molecule has 1 aliphatic rings. The summed E-state index contributed by atoms with van der Waals surface area (Å²) in [4.78, 5) is 8.08. The molecule has 6 nitrogen and oxygen atoms in total. The summed E-state index contributed by atoms with van der Waals surface area (Å²) in [6.07, 6.45) is -0.527. The van der Waals surface area contributed by atoms with Crippen LogP contribution in [0.1, 0.15) is 24.1 Å². The summed E-state index contributed by atoms with van der Waals surface area (Å²) in [7, 11) is 0. The molecule has 142 valence electrons. The van der Waals surface area contributed by atoms with Crippen molar-refractivity contribution >= 4 is 22.6 Å². The monoisotopic (exact) mass is 395 g/mol. The average Bonchev–Trinajstić information content (AvgIpc) is 3.20. The molecule has 1 aromatic carbocycles. The second-order valence-electron chi connectivity index (χ2n) is 6.69. The molecule has 2 aromatic heterocycles. The van der Waals surface area contributed by atoms with Gasteiger partial charge in [0.15, 0.2) is 11.6 Å². The smallest absolute Gasteiger partial charge is 0.159 e. The first-order valence-electron chi connectivity index (χ1n) is 8.34. The number of benzene rings is 1. The molecule has 1 aliphatic carbocycles. The number of fused-ring (bicyclic) bond motifs is 1. The number of aliphatic hydroxyl groups is 3. The van der Waals surface area contributed by atoms with Crippen LogP contribution in [-0.4, -0.2) is 42.1 Å². The van der Waals surface area contributed by atoms with Crippen molar-refractivity contribution in [3.8, 4) is 0 Å².